The number of nitro groups is 1. The van der Waals surface area contributed by atoms with Crippen molar-refractivity contribution in [2.75, 3.05) is 7.11 Å². The second kappa shape index (κ2) is 11.3. The smallest absolute Gasteiger partial charge is 0.315 e. The number of hydrogen-bond donors (Lipinski definition) is 0. The van der Waals surface area contributed by atoms with Gasteiger partial charge < -0.3 is 9.47 Å². The molecule has 0 aliphatic heterocycles. The summed E-state index contributed by atoms with van der Waals surface area (Å²) in [4.78, 5) is 29.0. The van der Waals surface area contributed by atoms with Crippen LogP contribution in [0.2, 0.25) is 0 Å². The van der Waals surface area contributed by atoms with E-state index in [0.29, 0.717) is 28.7 Å². The third kappa shape index (κ3) is 5.67. The first-order chi connectivity index (χ1) is 17.8. The molecule has 0 saturated carbocycles. The Bertz CT molecular complexity index is 1570. The molecular formula is C26H22BrFN4O5. The van der Waals surface area contributed by atoms with Crippen LogP contribution in [0.25, 0.3) is 10.9 Å². The molecule has 0 saturated heterocycles. The number of benzene rings is 3. The first-order valence-corrected chi connectivity index (χ1v) is 12.1. The summed E-state index contributed by atoms with van der Waals surface area (Å²) < 4.78 is 26.9. The van der Waals surface area contributed by atoms with Crippen LogP contribution in [0, 0.1) is 15.9 Å². The van der Waals surface area contributed by atoms with Crippen LogP contribution >= 0.6 is 15.9 Å². The van der Waals surface area contributed by atoms with Gasteiger partial charge in [-0.15, -0.1) is 0 Å². The number of aryl methyl sites for hydroxylation is 1. The molecule has 0 spiro atoms. The lowest BCUT2D eigenvalue weighted by Crippen LogP contribution is -2.22. The molecule has 0 atom stereocenters. The summed E-state index contributed by atoms with van der Waals surface area (Å²) in [5.74, 6) is -0.107. The Morgan fingerprint density at radius 2 is 2.00 bits per heavy atom. The highest BCUT2D eigenvalue weighted by Crippen LogP contribution is 2.38. The van der Waals surface area contributed by atoms with Crippen molar-refractivity contribution in [1.29, 1.82) is 0 Å². The summed E-state index contributed by atoms with van der Waals surface area (Å²) in [6.45, 7) is 1.73. The normalized spacial score (nSPS) is 11.2. The number of hydrogen-bond acceptors (Lipinski definition) is 7. The topological polar surface area (TPSA) is 109 Å². The van der Waals surface area contributed by atoms with Gasteiger partial charge in [-0.1, -0.05) is 41.1 Å². The molecule has 0 radical (unpaired) electrons. The quantitative estimate of drug-likeness (QED) is 0.147. The summed E-state index contributed by atoms with van der Waals surface area (Å²) in [5, 5.41) is 16.5. The molecule has 1 heterocycles. The Hall–Kier alpha value is -4.12. The van der Waals surface area contributed by atoms with E-state index in [9.17, 15) is 19.3 Å². The van der Waals surface area contributed by atoms with E-state index in [1.165, 1.54) is 48.3 Å². The predicted molar refractivity (Wildman–Crippen MR) is 141 cm³/mol. The second-order valence-electron chi connectivity index (χ2n) is 8.01. The van der Waals surface area contributed by atoms with E-state index in [1.807, 2.05) is 6.92 Å². The third-order valence-electron chi connectivity index (χ3n) is 5.48. The molecule has 0 aliphatic carbocycles. The number of nitrogens with zero attached hydrogens (tertiary/aromatic N) is 4. The number of fused-ring (bicyclic) bond motifs is 1. The van der Waals surface area contributed by atoms with Gasteiger partial charge in [0.05, 0.1) is 29.2 Å². The van der Waals surface area contributed by atoms with Gasteiger partial charge in [0.25, 0.3) is 5.56 Å². The number of halogens is 2. The van der Waals surface area contributed by atoms with Gasteiger partial charge in [0.2, 0.25) is 5.75 Å². The van der Waals surface area contributed by atoms with Crippen molar-refractivity contribution in [3.05, 3.63) is 102 Å². The highest BCUT2D eigenvalue weighted by atomic mass is 79.9. The lowest BCUT2D eigenvalue weighted by molar-refractivity contribution is -0.386. The van der Waals surface area contributed by atoms with Crippen molar-refractivity contribution in [3.8, 4) is 11.5 Å². The summed E-state index contributed by atoms with van der Waals surface area (Å²) in [5.41, 5.74) is 0.334. The molecule has 0 fully saturated rings. The zero-order chi connectivity index (χ0) is 26.5. The van der Waals surface area contributed by atoms with Gasteiger partial charge in [-0.3, -0.25) is 14.9 Å². The Kier molecular flexibility index (Phi) is 7.92. The van der Waals surface area contributed by atoms with Gasteiger partial charge in [-0.25, -0.2) is 9.37 Å². The SMILES string of the molecule is CCCc1nc2ccc(Br)cc2c(=O)n1N=Cc1cc(OC)c(OCc2ccccc2F)c([N+](=O)[O-])c1. The first-order valence-electron chi connectivity index (χ1n) is 11.3. The molecule has 3 aromatic carbocycles. The van der Waals surface area contributed by atoms with Crippen molar-refractivity contribution in [2.45, 2.75) is 26.4 Å². The molecule has 4 rings (SSSR count). The third-order valence-corrected chi connectivity index (χ3v) is 5.97. The minimum atomic E-state index is -0.625. The highest BCUT2D eigenvalue weighted by Gasteiger charge is 2.23. The van der Waals surface area contributed by atoms with Crippen molar-refractivity contribution < 1.29 is 18.8 Å². The first kappa shape index (κ1) is 26.0. The molecule has 11 heteroatoms. The van der Waals surface area contributed by atoms with Crippen molar-refractivity contribution in [3.63, 3.8) is 0 Å². The summed E-state index contributed by atoms with van der Waals surface area (Å²) >= 11 is 3.37. The van der Waals surface area contributed by atoms with E-state index < -0.39 is 10.7 Å². The Morgan fingerprint density at radius 1 is 1.22 bits per heavy atom. The van der Waals surface area contributed by atoms with Crippen LogP contribution < -0.4 is 15.0 Å². The molecule has 9 nitrogen and oxygen atoms in total. The Balaban J connectivity index is 1.75. The van der Waals surface area contributed by atoms with Crippen molar-refractivity contribution in [1.82, 2.24) is 9.66 Å². The molecular weight excluding hydrogens is 547 g/mol. The van der Waals surface area contributed by atoms with E-state index >= 15 is 0 Å². The van der Waals surface area contributed by atoms with Crippen LogP contribution in [-0.2, 0) is 13.0 Å². The van der Waals surface area contributed by atoms with Crippen LogP contribution in [0.3, 0.4) is 0 Å². The number of ether oxygens (including phenoxy) is 2. The molecule has 0 bridgehead atoms. The Morgan fingerprint density at radius 3 is 2.70 bits per heavy atom. The van der Waals surface area contributed by atoms with Gasteiger partial charge in [0, 0.05) is 28.1 Å². The lowest BCUT2D eigenvalue weighted by Gasteiger charge is -2.12. The maximum absolute atomic E-state index is 14.0. The molecule has 4 aromatic rings. The monoisotopic (exact) mass is 568 g/mol. The average molecular weight is 569 g/mol. The summed E-state index contributed by atoms with van der Waals surface area (Å²) in [6, 6.07) is 13.9. The standard InChI is InChI=1S/C26H22BrFN4O5/c1-3-6-24-30-21-10-9-18(27)13-19(21)26(33)31(24)29-14-16-11-22(32(34)35)25(23(12-16)36-2)37-15-17-7-4-5-8-20(17)28/h4-5,7-14H,3,6,15H2,1-2H3. The van der Waals surface area contributed by atoms with Crippen LogP contribution in [0.1, 0.15) is 30.3 Å². The lowest BCUT2D eigenvalue weighted by atomic mass is 10.1. The molecule has 190 valence electrons. The number of aromatic nitrogens is 2. The predicted octanol–water partition coefficient (Wildman–Crippen LogP) is 5.63. The number of methoxy groups -OCH3 is 1. The van der Waals surface area contributed by atoms with E-state index in [2.05, 4.69) is 26.0 Å². The van der Waals surface area contributed by atoms with Gasteiger partial charge in [-0.05, 0) is 36.8 Å². The van der Waals surface area contributed by atoms with Crippen molar-refractivity contribution in [2.24, 2.45) is 5.10 Å². The van der Waals surface area contributed by atoms with E-state index in [4.69, 9.17) is 9.47 Å². The molecule has 37 heavy (non-hydrogen) atoms. The summed E-state index contributed by atoms with van der Waals surface area (Å²) in [6.07, 6.45) is 2.56. The van der Waals surface area contributed by atoms with E-state index in [1.54, 1.807) is 24.3 Å². The highest BCUT2D eigenvalue weighted by molar-refractivity contribution is 9.10. The zero-order valence-electron chi connectivity index (χ0n) is 20.0. The fraction of sp³-hybridized carbons (Fsp3) is 0.192. The minimum Gasteiger partial charge on any atom is -0.493 e. The van der Waals surface area contributed by atoms with Crippen LogP contribution in [-0.4, -0.2) is 27.9 Å². The van der Waals surface area contributed by atoms with E-state index in [-0.39, 0.29) is 34.9 Å². The molecule has 0 unspecified atom stereocenters. The Labute approximate surface area is 219 Å². The molecule has 1 aromatic heterocycles. The van der Waals surface area contributed by atoms with Crippen LogP contribution in [0.4, 0.5) is 10.1 Å². The zero-order valence-corrected chi connectivity index (χ0v) is 21.6. The average Bonchev–Trinajstić information content (AvgIpc) is 2.88. The van der Waals surface area contributed by atoms with Gasteiger partial charge >= 0.3 is 5.69 Å². The van der Waals surface area contributed by atoms with E-state index in [0.717, 1.165) is 10.9 Å². The van der Waals surface area contributed by atoms with Crippen molar-refractivity contribution >= 4 is 38.7 Å². The van der Waals surface area contributed by atoms with Gasteiger partial charge in [0.15, 0.2) is 5.75 Å². The summed E-state index contributed by atoms with van der Waals surface area (Å²) in [7, 11) is 1.34. The number of nitro benzene ring substituents is 1. The number of rotatable bonds is 9. The fourth-order valence-corrected chi connectivity index (χ4v) is 4.07. The van der Waals surface area contributed by atoms with Gasteiger partial charge in [-0.2, -0.15) is 9.78 Å². The largest absolute Gasteiger partial charge is 0.493 e. The molecule has 0 N–H and O–H groups in total. The second-order valence-corrected chi connectivity index (χ2v) is 8.93. The molecule has 0 amide bonds. The van der Waals surface area contributed by atoms with Crippen LogP contribution in [0.5, 0.6) is 11.5 Å². The molecule has 0 aliphatic rings. The maximum Gasteiger partial charge on any atom is 0.315 e. The maximum atomic E-state index is 14.0. The van der Waals surface area contributed by atoms with Gasteiger partial charge in [0.1, 0.15) is 18.2 Å². The minimum absolute atomic E-state index is 0.0636. The van der Waals surface area contributed by atoms with Crippen LogP contribution in [0.15, 0.2) is 69.0 Å². The fourth-order valence-electron chi connectivity index (χ4n) is 3.70.